The molecule has 0 aliphatic carbocycles. The van der Waals surface area contributed by atoms with E-state index in [9.17, 15) is 13.2 Å². The minimum absolute atomic E-state index is 0. The minimum atomic E-state index is -4.41. The number of rotatable bonds is 4. The molecule has 3 aliphatic rings. The van der Waals surface area contributed by atoms with Crippen LogP contribution < -0.4 is 19.6 Å². The Bertz CT molecular complexity index is 1610. The molecular formula is C35H29F3IrN6-6. The summed E-state index contributed by atoms with van der Waals surface area (Å²) in [5.41, 5.74) is 5.55. The first-order valence-electron chi connectivity index (χ1n) is 13.8. The fraction of sp³-hybridized carbons (Fsp3) is 0.114. The monoisotopic (exact) mass is 783 g/mol. The van der Waals surface area contributed by atoms with Crippen molar-refractivity contribution in [2.24, 2.45) is 0 Å². The third-order valence-electron chi connectivity index (χ3n) is 7.06. The van der Waals surface area contributed by atoms with Crippen molar-refractivity contribution in [3.8, 4) is 0 Å². The second kappa shape index (κ2) is 13.3. The molecule has 10 heteroatoms. The number of benzene rings is 4. The zero-order chi connectivity index (χ0) is 30.8. The largest absolute Gasteiger partial charge is 0.510 e. The van der Waals surface area contributed by atoms with Gasteiger partial charge in [0.05, 0.1) is 0 Å². The summed E-state index contributed by atoms with van der Waals surface area (Å²) in [6.07, 6.45) is 2.47. The number of hydrogen-bond acceptors (Lipinski definition) is 6. The van der Waals surface area contributed by atoms with E-state index in [2.05, 4.69) is 84.1 Å². The van der Waals surface area contributed by atoms with Gasteiger partial charge in [-0.25, -0.2) is 0 Å². The summed E-state index contributed by atoms with van der Waals surface area (Å²) in [6, 6.07) is 34.5. The minimum Gasteiger partial charge on any atom is -0.510 e. The molecule has 0 saturated carbocycles. The molecule has 0 N–H and O–H groups in total. The van der Waals surface area contributed by atoms with Crippen LogP contribution in [0.3, 0.4) is 0 Å². The molecule has 4 aromatic rings. The third kappa shape index (κ3) is 7.13. The van der Waals surface area contributed by atoms with Gasteiger partial charge in [0.15, 0.2) is 0 Å². The maximum absolute atomic E-state index is 13.1. The van der Waals surface area contributed by atoms with Crippen molar-refractivity contribution in [2.45, 2.75) is 13.1 Å². The van der Waals surface area contributed by atoms with Gasteiger partial charge in [0.2, 0.25) is 0 Å². The van der Waals surface area contributed by atoms with E-state index in [-0.39, 0.29) is 20.1 Å². The number of anilines is 6. The van der Waals surface area contributed by atoms with E-state index < -0.39 is 11.7 Å². The molecule has 0 saturated heterocycles. The van der Waals surface area contributed by atoms with Gasteiger partial charge in [0.25, 0.3) is 0 Å². The Labute approximate surface area is 276 Å². The van der Waals surface area contributed by atoms with Gasteiger partial charge in [-0.1, -0.05) is 24.6 Å². The molecule has 6 nitrogen and oxygen atoms in total. The molecule has 3 aliphatic heterocycles. The molecule has 4 aromatic carbocycles. The van der Waals surface area contributed by atoms with Crippen molar-refractivity contribution in [1.29, 1.82) is 0 Å². The number of alkyl halides is 3. The number of aryl methyl sites for hydroxylation is 1. The smallest absolute Gasteiger partial charge is 0.394 e. The molecule has 0 amide bonds. The van der Waals surface area contributed by atoms with Crippen LogP contribution >= 0.6 is 0 Å². The average molecular weight is 783 g/mol. The maximum Gasteiger partial charge on any atom is 0.394 e. The molecule has 0 bridgehead atoms. The van der Waals surface area contributed by atoms with E-state index in [4.69, 9.17) is 0 Å². The van der Waals surface area contributed by atoms with E-state index in [1.54, 1.807) is 71.8 Å². The van der Waals surface area contributed by atoms with Crippen LogP contribution in [0.1, 0.15) is 11.1 Å². The predicted molar refractivity (Wildman–Crippen MR) is 168 cm³/mol. The first-order chi connectivity index (χ1) is 21.2. The Balaban J connectivity index is 0.000000174. The molecule has 0 aromatic heterocycles. The molecule has 0 unspecified atom stereocenters. The average Bonchev–Trinajstić information content (AvgIpc) is 3.76. The Morgan fingerprint density at radius 3 is 1.64 bits per heavy atom. The summed E-state index contributed by atoms with van der Waals surface area (Å²) in [4.78, 5) is 11.0. The van der Waals surface area contributed by atoms with Crippen LogP contribution in [0.5, 0.6) is 0 Å². The van der Waals surface area contributed by atoms with Crippen molar-refractivity contribution < 1.29 is 33.3 Å². The van der Waals surface area contributed by atoms with Gasteiger partial charge in [0.1, 0.15) is 0 Å². The van der Waals surface area contributed by atoms with Gasteiger partial charge in [-0.3, -0.25) is 0 Å². The van der Waals surface area contributed by atoms with Gasteiger partial charge in [-0.15, -0.1) is 53.7 Å². The van der Waals surface area contributed by atoms with E-state index in [0.717, 1.165) is 34.9 Å². The summed E-state index contributed by atoms with van der Waals surface area (Å²) >= 11 is 0. The Hall–Kier alpha value is -4.40. The SMILES string of the molecule is CN1C=CN(c2[c-]c(N3C=CN(C)[CH-]3)cc(C(F)(F)F)c2)[CH-]1.Cc1c[c-]c(N2[CH-]N(c3[c-]cccc3)c3ccccc32)cc1.[Ir]. The van der Waals surface area contributed by atoms with E-state index in [1.165, 1.54) is 5.56 Å². The molecule has 7 rings (SSSR count). The Kier molecular flexibility index (Phi) is 9.46. The summed E-state index contributed by atoms with van der Waals surface area (Å²) in [5.74, 6) is 0. The molecule has 1 radical (unpaired) electrons. The fourth-order valence-electron chi connectivity index (χ4n) is 4.84. The molecule has 0 spiro atoms. The van der Waals surface area contributed by atoms with Crippen molar-refractivity contribution >= 4 is 34.1 Å². The van der Waals surface area contributed by atoms with Crippen LogP contribution in [0.25, 0.3) is 0 Å². The number of para-hydroxylation sites is 3. The second-order valence-electron chi connectivity index (χ2n) is 10.5. The van der Waals surface area contributed by atoms with Crippen LogP contribution in [0.15, 0.2) is 104 Å². The summed E-state index contributed by atoms with van der Waals surface area (Å²) < 4.78 is 39.4. The van der Waals surface area contributed by atoms with Crippen molar-refractivity contribution in [1.82, 2.24) is 9.80 Å². The quantitative estimate of drug-likeness (QED) is 0.193. The molecule has 45 heavy (non-hydrogen) atoms. The zero-order valence-electron chi connectivity index (χ0n) is 24.7. The fourth-order valence-corrected chi connectivity index (χ4v) is 4.84. The Morgan fingerprint density at radius 1 is 0.644 bits per heavy atom. The second-order valence-corrected chi connectivity index (χ2v) is 10.5. The standard InChI is InChI=1S/C20H15N2.C15H14F3N4.Ir/c1-16-11-13-18(14-12-16)22-15-21(17-7-3-2-4-8-17)19-9-5-6-10-20(19)22;1-19-3-5-21(10-19)13-7-12(15(16,17)18)8-14(9-13)22-6-4-20(2)11-22;/h2-7,9-13,15H,1H3;3-8,10-11H,1-2H3;/q2*-3;. The van der Waals surface area contributed by atoms with Crippen molar-refractivity contribution in [3.05, 3.63) is 153 Å². The normalized spacial score (nSPS) is 15.3. The number of halogens is 3. The zero-order valence-corrected chi connectivity index (χ0v) is 27.1. The van der Waals surface area contributed by atoms with Crippen LogP contribution in [0.2, 0.25) is 0 Å². The van der Waals surface area contributed by atoms with Gasteiger partial charge in [-0.2, -0.15) is 80.6 Å². The maximum atomic E-state index is 13.1. The topological polar surface area (TPSA) is 19.4 Å². The molecule has 235 valence electrons. The third-order valence-corrected chi connectivity index (χ3v) is 7.06. The molecule has 0 fully saturated rings. The summed E-state index contributed by atoms with van der Waals surface area (Å²) in [7, 11) is 3.61. The van der Waals surface area contributed by atoms with Crippen molar-refractivity contribution in [3.63, 3.8) is 0 Å². The number of fused-ring (bicyclic) bond motifs is 1. The van der Waals surface area contributed by atoms with Crippen LogP contribution in [-0.4, -0.2) is 23.9 Å². The van der Waals surface area contributed by atoms with E-state index in [1.807, 2.05) is 24.3 Å². The molecular weight excluding hydrogens is 754 g/mol. The van der Waals surface area contributed by atoms with Gasteiger partial charge in [0, 0.05) is 31.5 Å². The predicted octanol–water partition coefficient (Wildman–Crippen LogP) is 8.19. The summed E-state index contributed by atoms with van der Waals surface area (Å²) in [6.45, 7) is 7.54. The molecule has 0 atom stereocenters. The summed E-state index contributed by atoms with van der Waals surface area (Å²) in [5, 5.41) is 0. The number of nitrogens with zero attached hydrogens (tertiary/aromatic N) is 6. The van der Waals surface area contributed by atoms with E-state index >= 15 is 0 Å². The van der Waals surface area contributed by atoms with Crippen LogP contribution in [0, 0.1) is 45.1 Å². The Morgan fingerprint density at radius 2 is 1.20 bits per heavy atom. The van der Waals surface area contributed by atoms with Crippen molar-refractivity contribution in [2.75, 3.05) is 33.7 Å². The van der Waals surface area contributed by atoms with E-state index in [0.29, 0.717) is 11.4 Å². The molecule has 3 heterocycles. The van der Waals surface area contributed by atoms with Gasteiger partial charge in [-0.05, 0) is 51.0 Å². The van der Waals surface area contributed by atoms with Gasteiger partial charge >= 0.3 is 6.18 Å². The van der Waals surface area contributed by atoms with Crippen LogP contribution in [-0.2, 0) is 26.3 Å². The van der Waals surface area contributed by atoms with Gasteiger partial charge < -0.3 is 29.4 Å². The number of hydrogen-bond donors (Lipinski definition) is 0. The first kappa shape index (κ1) is 32.0. The first-order valence-corrected chi connectivity index (χ1v) is 13.8. The van der Waals surface area contributed by atoms with Crippen LogP contribution in [0.4, 0.5) is 47.3 Å².